The summed E-state index contributed by atoms with van der Waals surface area (Å²) in [5.74, 6) is 0.567. The number of piperidine rings is 1. The monoisotopic (exact) mass is 461 g/mol. The van der Waals surface area contributed by atoms with E-state index in [1.54, 1.807) is 29.0 Å². The number of hydrogen-bond donors (Lipinski definition) is 1. The highest BCUT2D eigenvalue weighted by atomic mass is 16.4. The molecule has 178 valence electrons. The lowest BCUT2D eigenvalue weighted by Gasteiger charge is -2.35. The molecule has 1 N–H and O–H groups in total. The van der Waals surface area contributed by atoms with E-state index in [-0.39, 0.29) is 23.8 Å². The quantitative estimate of drug-likeness (QED) is 0.405. The number of aromatic nitrogens is 3. The van der Waals surface area contributed by atoms with Crippen LogP contribution in [0.3, 0.4) is 0 Å². The zero-order valence-corrected chi connectivity index (χ0v) is 19.6. The summed E-state index contributed by atoms with van der Waals surface area (Å²) < 4.78 is 9.24. The second-order valence-corrected chi connectivity index (χ2v) is 8.97. The van der Waals surface area contributed by atoms with Crippen molar-refractivity contribution in [3.63, 3.8) is 0 Å². The molecule has 8 heteroatoms. The molecule has 0 bridgehead atoms. The van der Waals surface area contributed by atoms with Gasteiger partial charge in [0.05, 0.1) is 12.1 Å². The Bertz CT molecular complexity index is 1350. The first-order valence-corrected chi connectivity index (χ1v) is 12.2. The summed E-state index contributed by atoms with van der Waals surface area (Å²) in [7, 11) is 0. The van der Waals surface area contributed by atoms with Crippen molar-refractivity contribution in [2.45, 2.75) is 51.6 Å². The molecule has 5 heterocycles. The van der Waals surface area contributed by atoms with Crippen LogP contribution in [0.1, 0.15) is 55.3 Å². The maximum atomic E-state index is 13.1. The van der Waals surface area contributed by atoms with E-state index in [1.165, 1.54) is 25.7 Å². The van der Waals surface area contributed by atoms with E-state index in [0.717, 1.165) is 25.0 Å². The van der Waals surface area contributed by atoms with Gasteiger partial charge in [-0.2, -0.15) is 0 Å². The fourth-order valence-electron chi connectivity index (χ4n) is 5.06. The third-order valence-electron chi connectivity index (χ3n) is 6.82. The number of amides is 1. The highest BCUT2D eigenvalue weighted by Gasteiger charge is 2.20. The molecule has 1 saturated heterocycles. The number of pyridine rings is 1. The summed E-state index contributed by atoms with van der Waals surface area (Å²) in [6, 6.07) is 11.5. The van der Waals surface area contributed by atoms with Crippen LogP contribution in [0.15, 0.2) is 58.0 Å². The Balaban J connectivity index is 1.24. The predicted molar refractivity (Wildman–Crippen MR) is 131 cm³/mol. The highest BCUT2D eigenvalue weighted by Crippen LogP contribution is 2.19. The van der Waals surface area contributed by atoms with Crippen molar-refractivity contribution in [2.24, 2.45) is 0 Å². The van der Waals surface area contributed by atoms with E-state index >= 15 is 0 Å². The summed E-state index contributed by atoms with van der Waals surface area (Å²) in [6.07, 6.45) is 9.50. The van der Waals surface area contributed by atoms with Crippen molar-refractivity contribution < 1.29 is 9.21 Å². The molecule has 0 spiro atoms. The molecule has 1 aliphatic rings. The smallest absolute Gasteiger partial charge is 0.286 e. The van der Waals surface area contributed by atoms with Crippen LogP contribution in [0.25, 0.3) is 16.7 Å². The van der Waals surface area contributed by atoms with E-state index in [0.29, 0.717) is 29.5 Å². The molecular formula is C26H31N5O3. The van der Waals surface area contributed by atoms with Gasteiger partial charge in [-0.05, 0) is 68.6 Å². The molecule has 0 aromatic carbocycles. The first kappa shape index (κ1) is 22.4. The first-order chi connectivity index (χ1) is 16.7. The predicted octanol–water partition coefficient (Wildman–Crippen LogP) is 3.67. The van der Waals surface area contributed by atoms with Crippen LogP contribution < -0.4 is 10.9 Å². The van der Waals surface area contributed by atoms with Gasteiger partial charge in [0.15, 0.2) is 11.4 Å². The van der Waals surface area contributed by atoms with Crippen LogP contribution in [0.2, 0.25) is 0 Å². The Hall–Kier alpha value is -3.39. The fraction of sp³-hybridized carbons (Fsp3) is 0.423. The number of furan rings is 1. The molecule has 0 saturated carbocycles. The third-order valence-corrected chi connectivity index (χ3v) is 6.82. The number of hydrogen-bond acceptors (Lipinski definition) is 5. The van der Waals surface area contributed by atoms with Crippen molar-refractivity contribution in [2.75, 3.05) is 19.6 Å². The maximum absolute atomic E-state index is 13.1. The van der Waals surface area contributed by atoms with Crippen LogP contribution in [0, 0.1) is 0 Å². The van der Waals surface area contributed by atoms with Crippen molar-refractivity contribution in [1.82, 2.24) is 24.2 Å². The second-order valence-electron chi connectivity index (χ2n) is 8.97. The molecule has 4 aromatic rings. The molecule has 5 rings (SSSR count). The number of nitrogens with zero attached hydrogens (tertiary/aromatic N) is 4. The van der Waals surface area contributed by atoms with E-state index in [1.807, 2.05) is 28.8 Å². The number of rotatable bonds is 8. The van der Waals surface area contributed by atoms with Gasteiger partial charge < -0.3 is 19.0 Å². The van der Waals surface area contributed by atoms with Gasteiger partial charge in [0.2, 0.25) is 0 Å². The average Bonchev–Trinajstić information content (AvgIpc) is 3.55. The van der Waals surface area contributed by atoms with Crippen LogP contribution in [0.4, 0.5) is 0 Å². The molecular weight excluding hydrogens is 430 g/mol. The topological polar surface area (TPSA) is 84.8 Å². The Labute approximate surface area is 198 Å². The third kappa shape index (κ3) is 4.37. The minimum absolute atomic E-state index is 0.151. The molecule has 1 amide bonds. The Kier molecular flexibility index (Phi) is 6.49. The summed E-state index contributed by atoms with van der Waals surface area (Å²) in [5, 5.41) is 2.97. The van der Waals surface area contributed by atoms with E-state index < -0.39 is 0 Å². The lowest BCUT2D eigenvalue weighted by molar-refractivity contribution is 0.0918. The molecule has 1 atom stereocenters. The van der Waals surface area contributed by atoms with Crippen LogP contribution in [-0.2, 0) is 6.54 Å². The van der Waals surface area contributed by atoms with E-state index in [4.69, 9.17) is 4.42 Å². The molecule has 1 fully saturated rings. The molecule has 4 aromatic heterocycles. The number of nitrogens with one attached hydrogen (secondary N) is 1. The maximum Gasteiger partial charge on any atom is 0.286 e. The van der Waals surface area contributed by atoms with Crippen molar-refractivity contribution >= 4 is 22.6 Å². The molecule has 1 aliphatic heterocycles. The summed E-state index contributed by atoms with van der Waals surface area (Å²) in [5.41, 5.74) is 1.83. The lowest BCUT2D eigenvalue weighted by atomic mass is 10.00. The van der Waals surface area contributed by atoms with Gasteiger partial charge in [-0.3, -0.25) is 14.2 Å². The molecule has 0 aliphatic carbocycles. The van der Waals surface area contributed by atoms with E-state index in [2.05, 4.69) is 22.1 Å². The zero-order valence-electron chi connectivity index (χ0n) is 19.6. The van der Waals surface area contributed by atoms with Gasteiger partial charge in [0.25, 0.3) is 11.5 Å². The van der Waals surface area contributed by atoms with Gasteiger partial charge in [-0.1, -0.05) is 13.3 Å². The lowest BCUT2D eigenvalue weighted by Crippen LogP contribution is -2.40. The van der Waals surface area contributed by atoms with Gasteiger partial charge in [0.1, 0.15) is 11.3 Å². The average molecular weight is 462 g/mol. The van der Waals surface area contributed by atoms with Crippen LogP contribution >= 0.6 is 0 Å². The molecule has 0 radical (unpaired) electrons. The van der Waals surface area contributed by atoms with Crippen molar-refractivity contribution in [1.29, 1.82) is 0 Å². The normalized spacial score (nSPS) is 16.9. The van der Waals surface area contributed by atoms with Gasteiger partial charge >= 0.3 is 0 Å². The minimum Gasteiger partial charge on any atom is -0.454 e. The standard InChI is InChI=1S/C26H31N5O3/c1-2-19-8-3-4-15-29(19)16-7-14-28-25(32)23-12-11-20(34-23)18-31-24-21(9-5-13-27-24)30-17-6-10-22(30)26(31)33/h5-6,9-13,17,19H,2-4,7-8,14-16,18H2,1H3,(H,28,32)/t19-/m1/s1. The Morgan fingerprint density at radius 2 is 2.06 bits per heavy atom. The van der Waals surface area contributed by atoms with E-state index in [9.17, 15) is 9.59 Å². The zero-order chi connectivity index (χ0) is 23.5. The Morgan fingerprint density at radius 1 is 1.18 bits per heavy atom. The number of fused-ring (bicyclic) bond motifs is 3. The summed E-state index contributed by atoms with van der Waals surface area (Å²) in [4.78, 5) is 32.7. The number of likely N-dealkylation sites (tertiary alicyclic amines) is 1. The van der Waals surface area contributed by atoms with Crippen molar-refractivity contribution in [3.8, 4) is 0 Å². The minimum atomic E-state index is -0.227. The summed E-state index contributed by atoms with van der Waals surface area (Å²) in [6.45, 7) is 5.23. The SMILES string of the molecule is CC[C@@H]1CCCCN1CCCNC(=O)c1ccc(Cn2c(=O)c3cccn3c3cccnc32)o1. The Morgan fingerprint density at radius 3 is 2.94 bits per heavy atom. The van der Waals surface area contributed by atoms with Gasteiger partial charge in [0, 0.05) is 31.5 Å². The number of carbonyl (C=O) groups excluding carboxylic acids is 1. The molecule has 8 nitrogen and oxygen atoms in total. The largest absolute Gasteiger partial charge is 0.454 e. The fourth-order valence-corrected chi connectivity index (χ4v) is 5.06. The van der Waals surface area contributed by atoms with Crippen LogP contribution in [0.5, 0.6) is 0 Å². The van der Waals surface area contributed by atoms with Gasteiger partial charge in [-0.15, -0.1) is 0 Å². The van der Waals surface area contributed by atoms with Gasteiger partial charge in [-0.25, -0.2) is 4.98 Å². The highest BCUT2D eigenvalue weighted by molar-refractivity contribution is 5.91. The van der Waals surface area contributed by atoms with Crippen molar-refractivity contribution in [3.05, 3.63) is 70.7 Å². The van der Waals surface area contributed by atoms with Crippen LogP contribution in [-0.4, -0.2) is 50.4 Å². The molecule has 0 unspecified atom stereocenters. The summed E-state index contributed by atoms with van der Waals surface area (Å²) >= 11 is 0. The first-order valence-electron chi connectivity index (χ1n) is 12.2. The second kappa shape index (κ2) is 9.85. The molecule has 34 heavy (non-hydrogen) atoms. The number of carbonyl (C=O) groups is 1.